The first-order valence-corrected chi connectivity index (χ1v) is 9.44. The summed E-state index contributed by atoms with van der Waals surface area (Å²) in [6.07, 6.45) is -5.12. The number of carbonyl (C=O) groups is 2. The molecule has 0 saturated carbocycles. The number of hydrogen-bond donors (Lipinski definition) is 4. The van der Waals surface area contributed by atoms with Crippen LogP contribution in [0.1, 0.15) is 15.9 Å². The highest BCUT2D eigenvalue weighted by molar-refractivity contribution is 5.89. The topological polar surface area (TPSA) is 143 Å². The Bertz CT molecular complexity index is 910. The second-order valence-corrected chi connectivity index (χ2v) is 6.84. The summed E-state index contributed by atoms with van der Waals surface area (Å²) in [4.78, 5) is 24.1. The number of phenols is 1. The smallest absolute Gasteiger partial charge is 0.340 e. The Hall–Kier alpha value is -3.24. The average molecular weight is 430 g/mol. The molecule has 31 heavy (non-hydrogen) atoms. The van der Waals surface area contributed by atoms with E-state index in [0.717, 1.165) is 5.56 Å². The first-order valence-electron chi connectivity index (χ1n) is 9.44. The van der Waals surface area contributed by atoms with Crippen LogP contribution in [-0.4, -0.2) is 69.7 Å². The monoisotopic (exact) mass is 430 g/mol. The molecule has 0 spiro atoms. The van der Waals surface area contributed by atoms with Gasteiger partial charge in [0.05, 0.1) is 5.56 Å². The molecule has 5 atom stereocenters. The van der Waals surface area contributed by atoms with Crippen LogP contribution < -0.4 is 0 Å². The maximum atomic E-state index is 12.2. The average Bonchev–Trinajstić information content (AvgIpc) is 2.78. The van der Waals surface area contributed by atoms with Crippen LogP contribution in [0.3, 0.4) is 0 Å². The van der Waals surface area contributed by atoms with Gasteiger partial charge in [-0.2, -0.15) is 0 Å². The number of aliphatic hydroxyl groups excluding tert-OH is 3. The van der Waals surface area contributed by atoms with E-state index in [9.17, 15) is 30.0 Å². The summed E-state index contributed by atoms with van der Waals surface area (Å²) in [6, 6.07) is 14.2. The fraction of sp³-hybridized carbons (Fsp3) is 0.273. The van der Waals surface area contributed by atoms with Gasteiger partial charge in [0.1, 0.15) is 36.8 Å². The fourth-order valence-corrected chi connectivity index (χ4v) is 2.86. The number of ether oxygens (including phenoxy) is 3. The normalized spacial score (nSPS) is 25.8. The van der Waals surface area contributed by atoms with Gasteiger partial charge in [0.15, 0.2) is 0 Å². The van der Waals surface area contributed by atoms with Gasteiger partial charge in [-0.1, -0.05) is 30.3 Å². The molecule has 0 bridgehead atoms. The number of aromatic hydroxyl groups is 1. The summed E-state index contributed by atoms with van der Waals surface area (Å²) in [5.74, 6) is -1.64. The van der Waals surface area contributed by atoms with Crippen molar-refractivity contribution in [3.63, 3.8) is 0 Å². The third-order valence-electron chi connectivity index (χ3n) is 4.60. The van der Waals surface area contributed by atoms with Crippen molar-refractivity contribution in [2.75, 3.05) is 6.61 Å². The summed E-state index contributed by atoms with van der Waals surface area (Å²) < 4.78 is 15.5. The van der Waals surface area contributed by atoms with E-state index in [0.29, 0.717) is 0 Å². The summed E-state index contributed by atoms with van der Waals surface area (Å²) in [5, 5.41) is 39.5. The van der Waals surface area contributed by atoms with E-state index in [1.807, 2.05) is 18.2 Å². The summed E-state index contributed by atoms with van der Waals surface area (Å²) in [6.45, 7) is -0.448. The van der Waals surface area contributed by atoms with Gasteiger partial charge in [0, 0.05) is 6.08 Å². The Morgan fingerprint density at radius 2 is 1.61 bits per heavy atom. The molecule has 0 unspecified atom stereocenters. The van der Waals surface area contributed by atoms with Crippen LogP contribution in [0.25, 0.3) is 6.08 Å². The standard InChI is InChI=1S/C22H22O9/c23-15-9-7-14(8-10-15)21(28)31-22-20(27)19(26)18(25)16(30-22)12-29-17(24)11-6-13-4-2-1-3-5-13/h1-11,16,18-20,22-23,25-27H,12H2/b11-6+/t16-,18-,19+,20-,22+/m1/s1. The molecule has 1 aliphatic rings. The third kappa shape index (κ3) is 5.89. The third-order valence-corrected chi connectivity index (χ3v) is 4.60. The Morgan fingerprint density at radius 3 is 2.29 bits per heavy atom. The zero-order chi connectivity index (χ0) is 22.4. The van der Waals surface area contributed by atoms with Crippen molar-refractivity contribution < 1.29 is 44.2 Å². The van der Waals surface area contributed by atoms with E-state index in [2.05, 4.69) is 0 Å². The molecule has 9 nitrogen and oxygen atoms in total. The molecule has 3 rings (SSSR count). The van der Waals surface area contributed by atoms with Gasteiger partial charge in [-0.05, 0) is 35.9 Å². The zero-order valence-corrected chi connectivity index (χ0v) is 16.3. The van der Waals surface area contributed by atoms with E-state index >= 15 is 0 Å². The predicted octanol–water partition coefficient (Wildman–Crippen LogP) is 0.613. The molecule has 2 aromatic carbocycles. The van der Waals surface area contributed by atoms with Crippen LogP contribution in [0.5, 0.6) is 5.75 Å². The molecular weight excluding hydrogens is 408 g/mol. The highest BCUT2D eigenvalue weighted by Gasteiger charge is 2.46. The molecular formula is C22H22O9. The molecule has 9 heteroatoms. The molecule has 1 aliphatic heterocycles. The maximum Gasteiger partial charge on any atom is 0.340 e. The SMILES string of the molecule is O=C(/C=C/c1ccccc1)OC[C@H]1O[C@@H](OC(=O)c2ccc(O)cc2)[C@H](O)[C@@H](O)[C@@H]1O. The van der Waals surface area contributed by atoms with Gasteiger partial charge < -0.3 is 34.6 Å². The Morgan fingerprint density at radius 1 is 0.935 bits per heavy atom. The largest absolute Gasteiger partial charge is 0.508 e. The molecule has 1 fully saturated rings. The fourth-order valence-electron chi connectivity index (χ4n) is 2.86. The number of aliphatic hydroxyl groups is 3. The first kappa shape index (κ1) is 22.4. The van der Waals surface area contributed by atoms with E-state index in [4.69, 9.17) is 14.2 Å². The van der Waals surface area contributed by atoms with Gasteiger partial charge in [-0.3, -0.25) is 0 Å². The molecule has 0 aliphatic carbocycles. The minimum Gasteiger partial charge on any atom is -0.508 e. The van der Waals surface area contributed by atoms with Crippen molar-refractivity contribution in [2.24, 2.45) is 0 Å². The summed E-state index contributed by atoms with van der Waals surface area (Å²) in [7, 11) is 0. The molecule has 1 heterocycles. The lowest BCUT2D eigenvalue weighted by Gasteiger charge is -2.39. The van der Waals surface area contributed by atoms with Crippen molar-refractivity contribution in [1.82, 2.24) is 0 Å². The first-order chi connectivity index (χ1) is 14.8. The van der Waals surface area contributed by atoms with Gasteiger partial charge in [0.25, 0.3) is 0 Å². The second kappa shape index (κ2) is 10.2. The van der Waals surface area contributed by atoms with Crippen LogP contribution in [0.4, 0.5) is 0 Å². The van der Waals surface area contributed by atoms with E-state index < -0.39 is 49.3 Å². The van der Waals surface area contributed by atoms with Crippen molar-refractivity contribution in [3.05, 3.63) is 71.8 Å². The lowest BCUT2D eigenvalue weighted by molar-refractivity contribution is -0.285. The van der Waals surface area contributed by atoms with Crippen LogP contribution >= 0.6 is 0 Å². The molecule has 0 aromatic heterocycles. The van der Waals surface area contributed by atoms with E-state index in [1.165, 1.54) is 30.3 Å². The van der Waals surface area contributed by atoms with E-state index in [1.54, 1.807) is 18.2 Å². The van der Waals surface area contributed by atoms with Gasteiger partial charge in [-0.25, -0.2) is 9.59 Å². The highest BCUT2D eigenvalue weighted by Crippen LogP contribution is 2.24. The molecule has 1 saturated heterocycles. The van der Waals surface area contributed by atoms with Gasteiger partial charge in [-0.15, -0.1) is 0 Å². The molecule has 4 N–H and O–H groups in total. The predicted molar refractivity (Wildman–Crippen MR) is 107 cm³/mol. The zero-order valence-electron chi connectivity index (χ0n) is 16.3. The Labute approximate surface area is 177 Å². The summed E-state index contributed by atoms with van der Waals surface area (Å²) >= 11 is 0. The minimum absolute atomic E-state index is 0.0489. The molecule has 0 amide bonds. The van der Waals surface area contributed by atoms with Crippen LogP contribution in [0, 0.1) is 0 Å². The maximum absolute atomic E-state index is 12.2. The lowest BCUT2D eigenvalue weighted by Crippen LogP contribution is -2.59. The van der Waals surface area contributed by atoms with Crippen molar-refractivity contribution in [3.8, 4) is 5.75 Å². The van der Waals surface area contributed by atoms with Crippen molar-refractivity contribution in [1.29, 1.82) is 0 Å². The van der Waals surface area contributed by atoms with Crippen molar-refractivity contribution >= 4 is 18.0 Å². The lowest BCUT2D eigenvalue weighted by atomic mass is 9.99. The van der Waals surface area contributed by atoms with Crippen LogP contribution in [-0.2, 0) is 19.0 Å². The number of phenolic OH excluding ortho intramolecular Hbond substituents is 1. The Kier molecular flexibility index (Phi) is 7.37. The minimum atomic E-state index is -1.72. The number of rotatable bonds is 6. The second-order valence-electron chi connectivity index (χ2n) is 6.84. The number of benzene rings is 2. The van der Waals surface area contributed by atoms with Gasteiger partial charge >= 0.3 is 11.9 Å². The van der Waals surface area contributed by atoms with Gasteiger partial charge in [0.2, 0.25) is 6.29 Å². The Balaban J connectivity index is 1.58. The molecule has 164 valence electrons. The summed E-state index contributed by atoms with van der Waals surface area (Å²) in [5.41, 5.74) is 0.858. The highest BCUT2D eigenvalue weighted by atomic mass is 16.7. The molecule has 2 aromatic rings. The number of esters is 2. The quantitative estimate of drug-likeness (QED) is 0.383. The van der Waals surface area contributed by atoms with Crippen LogP contribution in [0.2, 0.25) is 0 Å². The molecule has 0 radical (unpaired) electrons. The van der Waals surface area contributed by atoms with Crippen molar-refractivity contribution in [2.45, 2.75) is 30.7 Å². The number of hydrogen-bond acceptors (Lipinski definition) is 9. The number of carbonyl (C=O) groups excluding carboxylic acids is 2. The van der Waals surface area contributed by atoms with E-state index in [-0.39, 0.29) is 11.3 Å². The van der Waals surface area contributed by atoms with Crippen LogP contribution in [0.15, 0.2) is 60.7 Å².